The molecular formula is C13H21FN2O3S. The molecular weight excluding hydrogens is 283 g/mol. The topological polar surface area (TPSA) is 74.1 Å². The molecule has 0 aromatic carbocycles. The molecule has 2 saturated heterocycles. The summed E-state index contributed by atoms with van der Waals surface area (Å²) >= 11 is 1.32. The Hall–Kier alpha value is -0.370. The maximum atomic E-state index is 14.4. The van der Waals surface area contributed by atoms with Gasteiger partial charge in [-0.3, -0.25) is 4.99 Å². The summed E-state index contributed by atoms with van der Waals surface area (Å²) < 4.78 is 20.1. The van der Waals surface area contributed by atoms with Crippen LogP contribution in [0, 0.1) is 5.92 Å². The number of nitrogens with zero attached hydrogens (tertiary/aromatic N) is 1. The van der Waals surface area contributed by atoms with Crippen molar-refractivity contribution in [3.63, 3.8) is 0 Å². The minimum absolute atomic E-state index is 0.108. The van der Waals surface area contributed by atoms with Crippen LogP contribution in [0.4, 0.5) is 4.39 Å². The van der Waals surface area contributed by atoms with Crippen molar-refractivity contribution in [2.45, 2.75) is 61.6 Å². The molecule has 0 bridgehead atoms. The third kappa shape index (κ3) is 2.45. The van der Waals surface area contributed by atoms with E-state index in [-0.39, 0.29) is 5.92 Å². The smallest absolute Gasteiger partial charge is 0.159 e. The van der Waals surface area contributed by atoms with Gasteiger partial charge in [-0.05, 0) is 18.8 Å². The van der Waals surface area contributed by atoms with Crippen molar-refractivity contribution >= 4 is 16.9 Å². The Bertz CT molecular complexity index is 392. The lowest BCUT2D eigenvalue weighted by atomic mass is 9.88. The van der Waals surface area contributed by atoms with E-state index in [2.05, 4.69) is 10.3 Å². The highest BCUT2D eigenvalue weighted by Gasteiger charge is 2.52. The van der Waals surface area contributed by atoms with Gasteiger partial charge in [-0.2, -0.15) is 0 Å². The standard InChI is InChI=1S/C13H21FN2O3S/c1-15-13-16-8-7(14)10(18)11(19-12(8)20-13)9(17)6-4-2-3-5-6/h6-12,17-18H,2-5H2,1H3,(H,15,16)/t7-,8+,9-,10-,11+,12+/m0/s1. The molecule has 3 aliphatic rings. The fourth-order valence-corrected chi connectivity index (χ4v) is 4.44. The quantitative estimate of drug-likeness (QED) is 0.698. The number of ether oxygens (including phenoxy) is 1. The Labute approximate surface area is 122 Å². The molecule has 1 aliphatic carbocycles. The van der Waals surface area contributed by atoms with E-state index in [9.17, 15) is 14.6 Å². The first kappa shape index (κ1) is 14.6. The number of fused-ring (bicyclic) bond motifs is 1. The Kier molecular flexibility index (Phi) is 4.21. The van der Waals surface area contributed by atoms with E-state index in [1.54, 1.807) is 7.05 Å². The monoisotopic (exact) mass is 304 g/mol. The van der Waals surface area contributed by atoms with E-state index >= 15 is 0 Å². The lowest BCUT2D eigenvalue weighted by Crippen LogP contribution is -2.60. The molecule has 114 valence electrons. The van der Waals surface area contributed by atoms with Crippen LogP contribution in [-0.2, 0) is 4.74 Å². The van der Waals surface area contributed by atoms with Crippen molar-refractivity contribution in [3.05, 3.63) is 0 Å². The summed E-state index contributed by atoms with van der Waals surface area (Å²) in [4.78, 5) is 4.00. The summed E-state index contributed by atoms with van der Waals surface area (Å²) in [6.07, 6.45) is -0.387. The van der Waals surface area contributed by atoms with Crippen LogP contribution >= 0.6 is 11.8 Å². The molecule has 2 aliphatic heterocycles. The van der Waals surface area contributed by atoms with E-state index in [4.69, 9.17) is 4.74 Å². The van der Waals surface area contributed by atoms with Crippen molar-refractivity contribution in [2.24, 2.45) is 10.9 Å². The molecule has 20 heavy (non-hydrogen) atoms. The molecule has 3 rings (SSSR count). The molecule has 0 unspecified atom stereocenters. The van der Waals surface area contributed by atoms with Gasteiger partial charge in [-0.15, -0.1) is 0 Å². The average Bonchev–Trinajstić information content (AvgIpc) is 3.10. The summed E-state index contributed by atoms with van der Waals surface area (Å²) in [7, 11) is 1.63. The van der Waals surface area contributed by atoms with E-state index < -0.39 is 36.0 Å². The Morgan fingerprint density at radius 1 is 1.45 bits per heavy atom. The van der Waals surface area contributed by atoms with Crippen LogP contribution in [0.25, 0.3) is 0 Å². The second-order valence-corrected chi connectivity index (χ2v) is 6.84. The Morgan fingerprint density at radius 2 is 2.15 bits per heavy atom. The first-order valence-electron chi connectivity index (χ1n) is 7.17. The number of aliphatic hydroxyl groups excluding tert-OH is 2. The van der Waals surface area contributed by atoms with Crippen molar-refractivity contribution in [1.82, 2.24) is 5.32 Å². The highest BCUT2D eigenvalue weighted by Crippen LogP contribution is 2.39. The van der Waals surface area contributed by atoms with Crippen LogP contribution in [0.5, 0.6) is 0 Å². The zero-order valence-corrected chi connectivity index (χ0v) is 12.2. The fraction of sp³-hybridized carbons (Fsp3) is 0.923. The van der Waals surface area contributed by atoms with E-state index in [1.807, 2.05) is 0 Å². The lowest BCUT2D eigenvalue weighted by Gasteiger charge is -2.41. The minimum Gasteiger partial charge on any atom is -0.390 e. The number of amidine groups is 1. The maximum Gasteiger partial charge on any atom is 0.159 e. The van der Waals surface area contributed by atoms with Crippen LogP contribution < -0.4 is 5.32 Å². The third-order valence-corrected chi connectivity index (χ3v) is 5.69. The largest absolute Gasteiger partial charge is 0.390 e. The predicted octanol–water partition coefficient (Wildman–Crippen LogP) is 0.652. The fourth-order valence-electron chi connectivity index (χ4n) is 3.37. The van der Waals surface area contributed by atoms with Gasteiger partial charge in [0.1, 0.15) is 17.6 Å². The van der Waals surface area contributed by atoms with Crippen molar-refractivity contribution in [2.75, 3.05) is 7.05 Å². The first-order chi connectivity index (χ1) is 9.61. The highest BCUT2D eigenvalue weighted by molar-refractivity contribution is 8.14. The van der Waals surface area contributed by atoms with Gasteiger partial charge in [0.15, 0.2) is 11.3 Å². The van der Waals surface area contributed by atoms with Gasteiger partial charge in [-0.1, -0.05) is 24.6 Å². The summed E-state index contributed by atoms with van der Waals surface area (Å²) in [6.45, 7) is 0. The number of thioether (sulfide) groups is 1. The van der Waals surface area contributed by atoms with Crippen LogP contribution in [0.2, 0.25) is 0 Å². The molecule has 5 nitrogen and oxygen atoms in total. The highest BCUT2D eigenvalue weighted by atomic mass is 32.2. The predicted molar refractivity (Wildman–Crippen MR) is 75.4 cm³/mol. The molecule has 6 atom stereocenters. The first-order valence-corrected chi connectivity index (χ1v) is 8.05. The normalized spacial score (nSPS) is 45.4. The number of nitrogens with one attached hydrogen (secondary N) is 1. The Morgan fingerprint density at radius 3 is 2.80 bits per heavy atom. The molecule has 0 spiro atoms. The van der Waals surface area contributed by atoms with E-state index in [1.165, 1.54) is 11.8 Å². The molecule has 3 fully saturated rings. The van der Waals surface area contributed by atoms with Gasteiger partial charge in [0.05, 0.1) is 12.1 Å². The summed E-state index contributed by atoms with van der Waals surface area (Å²) in [5.41, 5.74) is -0.437. The van der Waals surface area contributed by atoms with Crippen molar-refractivity contribution in [1.29, 1.82) is 0 Å². The second kappa shape index (κ2) is 5.79. The molecule has 2 heterocycles. The molecule has 0 radical (unpaired) electrons. The molecule has 7 heteroatoms. The molecule has 0 amide bonds. The van der Waals surface area contributed by atoms with E-state index in [0.717, 1.165) is 25.7 Å². The van der Waals surface area contributed by atoms with Gasteiger partial charge >= 0.3 is 0 Å². The third-order valence-electron chi connectivity index (χ3n) is 4.53. The number of halogens is 1. The van der Waals surface area contributed by atoms with Crippen LogP contribution in [-0.4, -0.2) is 58.4 Å². The van der Waals surface area contributed by atoms with Gasteiger partial charge in [0.25, 0.3) is 0 Å². The molecule has 1 saturated carbocycles. The number of alkyl halides is 1. The summed E-state index contributed by atoms with van der Waals surface area (Å²) in [5.74, 6) is 0.108. The van der Waals surface area contributed by atoms with E-state index in [0.29, 0.717) is 5.17 Å². The maximum absolute atomic E-state index is 14.4. The zero-order chi connectivity index (χ0) is 14.3. The number of aliphatic hydroxyl groups is 2. The second-order valence-electron chi connectivity index (χ2n) is 5.76. The van der Waals surface area contributed by atoms with Crippen LogP contribution in [0.1, 0.15) is 25.7 Å². The van der Waals surface area contributed by atoms with Crippen LogP contribution in [0.15, 0.2) is 4.99 Å². The van der Waals surface area contributed by atoms with Gasteiger partial charge in [0, 0.05) is 7.05 Å². The SMILES string of the molecule is CN=C1N[C@@H]2[C@H](F)[C@H](O)[C@@H]([C@@H](O)C3CCCC3)O[C@@H]2S1. The Balaban J connectivity index is 1.73. The van der Waals surface area contributed by atoms with Crippen LogP contribution in [0.3, 0.4) is 0 Å². The number of rotatable bonds is 2. The number of aliphatic imine (C=N–C) groups is 1. The molecule has 0 aromatic rings. The summed E-state index contributed by atoms with van der Waals surface area (Å²) in [6, 6.07) is -0.597. The van der Waals surface area contributed by atoms with Gasteiger partial charge in [-0.25, -0.2) is 4.39 Å². The summed E-state index contributed by atoms with van der Waals surface area (Å²) in [5, 5.41) is 24.1. The number of hydrogen-bond acceptors (Lipinski definition) is 5. The average molecular weight is 304 g/mol. The van der Waals surface area contributed by atoms with Gasteiger partial charge in [0.2, 0.25) is 0 Å². The van der Waals surface area contributed by atoms with Crippen molar-refractivity contribution < 1.29 is 19.3 Å². The number of hydrogen-bond donors (Lipinski definition) is 3. The minimum atomic E-state index is -1.46. The molecule has 3 N–H and O–H groups in total. The van der Waals surface area contributed by atoms with Gasteiger partial charge < -0.3 is 20.3 Å². The zero-order valence-electron chi connectivity index (χ0n) is 11.4. The lowest BCUT2D eigenvalue weighted by molar-refractivity contribution is -0.180. The molecule has 0 aromatic heterocycles. The van der Waals surface area contributed by atoms with Crippen molar-refractivity contribution in [3.8, 4) is 0 Å².